The summed E-state index contributed by atoms with van der Waals surface area (Å²) in [4.78, 5) is 37.1. The number of amides is 2. The maximum Gasteiger partial charge on any atom is 0.261 e. The van der Waals surface area contributed by atoms with Crippen LogP contribution in [0.5, 0.6) is 0 Å². The lowest BCUT2D eigenvalue weighted by Crippen LogP contribution is -2.41. The zero-order valence-corrected chi connectivity index (χ0v) is 16.9. The zero-order chi connectivity index (χ0) is 20.8. The molecule has 2 N–H and O–H groups in total. The molecule has 0 saturated carbocycles. The minimum Gasteiger partial charge on any atom is -0.389 e. The fourth-order valence-corrected chi connectivity index (χ4v) is 3.74. The van der Waals surface area contributed by atoms with Crippen LogP contribution in [0.3, 0.4) is 0 Å². The molecule has 1 fully saturated rings. The van der Waals surface area contributed by atoms with Gasteiger partial charge in [0.05, 0.1) is 39.4 Å². The average Bonchev–Trinajstić information content (AvgIpc) is 3.17. The van der Waals surface area contributed by atoms with Gasteiger partial charge in [-0.05, 0) is 36.4 Å². The molecule has 1 aliphatic rings. The van der Waals surface area contributed by atoms with Gasteiger partial charge in [-0.25, -0.2) is 5.01 Å². The largest absolute Gasteiger partial charge is 0.389 e. The molecule has 11 heteroatoms. The Morgan fingerprint density at radius 2 is 2.10 bits per heavy atom. The van der Waals surface area contributed by atoms with Gasteiger partial charge in [-0.1, -0.05) is 11.6 Å². The van der Waals surface area contributed by atoms with E-state index in [9.17, 15) is 19.6 Å². The quantitative estimate of drug-likeness (QED) is 0.482. The van der Waals surface area contributed by atoms with Gasteiger partial charge < -0.3 is 20.1 Å². The van der Waals surface area contributed by atoms with Crippen LogP contribution in [0, 0.1) is 4.91 Å². The highest BCUT2D eigenvalue weighted by Gasteiger charge is 2.21. The van der Waals surface area contributed by atoms with E-state index in [1.807, 2.05) is 0 Å². The van der Waals surface area contributed by atoms with E-state index in [2.05, 4.69) is 10.6 Å². The van der Waals surface area contributed by atoms with Crippen molar-refractivity contribution < 1.29 is 19.4 Å². The van der Waals surface area contributed by atoms with Crippen molar-refractivity contribution in [1.82, 2.24) is 5.32 Å². The van der Waals surface area contributed by atoms with Crippen LogP contribution in [-0.4, -0.2) is 55.9 Å². The summed E-state index contributed by atoms with van der Waals surface area (Å²) in [6, 6.07) is 9.88. The summed E-state index contributed by atoms with van der Waals surface area (Å²) in [6.45, 7) is 0.803. The molecule has 2 amide bonds. The molecule has 0 radical (unpaired) electrons. The molecule has 29 heavy (non-hydrogen) atoms. The van der Waals surface area contributed by atoms with Crippen LogP contribution in [0.2, 0.25) is 4.34 Å². The molecule has 1 aromatic heterocycles. The molecule has 9 nitrogen and oxygen atoms in total. The minimum atomic E-state index is -1.02. The van der Waals surface area contributed by atoms with Crippen molar-refractivity contribution in [2.75, 3.05) is 42.8 Å². The second-order valence-corrected chi connectivity index (χ2v) is 7.96. The molecule has 2 heterocycles. The average molecular weight is 439 g/mol. The monoisotopic (exact) mass is 438 g/mol. The van der Waals surface area contributed by atoms with Crippen LogP contribution in [0.25, 0.3) is 0 Å². The van der Waals surface area contributed by atoms with E-state index in [1.165, 1.54) is 0 Å². The first-order valence-electron chi connectivity index (χ1n) is 8.78. The van der Waals surface area contributed by atoms with E-state index in [1.54, 1.807) is 41.3 Å². The second-order valence-electron chi connectivity index (χ2n) is 6.25. The first-order chi connectivity index (χ1) is 14.0. The third-order valence-electron chi connectivity index (χ3n) is 4.22. The first-order valence-corrected chi connectivity index (χ1v) is 9.98. The van der Waals surface area contributed by atoms with Crippen LogP contribution in [0.15, 0.2) is 41.7 Å². The third kappa shape index (κ3) is 5.51. The SMILES string of the molecule is O=NN(C[C@@H](O)CNC(=O)c1ccc(Cl)s1)c1ccc(N2CCOCC2=O)cc1. The number of carbonyl (C=O) groups excluding carboxylic acids is 2. The Balaban J connectivity index is 1.55. The lowest BCUT2D eigenvalue weighted by molar-refractivity contribution is -0.125. The molecule has 1 saturated heterocycles. The summed E-state index contributed by atoms with van der Waals surface area (Å²) in [5, 5.41) is 16.8. The Morgan fingerprint density at radius 3 is 2.72 bits per heavy atom. The summed E-state index contributed by atoms with van der Waals surface area (Å²) >= 11 is 6.93. The second kappa shape index (κ2) is 9.79. The van der Waals surface area contributed by atoms with Crippen molar-refractivity contribution in [3.05, 3.63) is 50.5 Å². The van der Waals surface area contributed by atoms with Crippen molar-refractivity contribution >= 4 is 46.1 Å². The Kier molecular flexibility index (Phi) is 7.15. The Labute approximate surface area is 175 Å². The number of nitroso groups, excluding NO2 is 1. The van der Waals surface area contributed by atoms with Crippen LogP contribution in [0.4, 0.5) is 11.4 Å². The van der Waals surface area contributed by atoms with Gasteiger partial charge in [0.15, 0.2) is 0 Å². The number of ether oxygens (including phenoxy) is 1. The lowest BCUT2D eigenvalue weighted by Gasteiger charge is -2.27. The number of benzene rings is 1. The molecule has 0 spiro atoms. The van der Waals surface area contributed by atoms with Gasteiger partial charge in [0.1, 0.15) is 6.61 Å². The fraction of sp³-hybridized carbons (Fsp3) is 0.333. The standard InChI is InChI=1S/C18H19ClN4O5S/c19-16-6-5-15(29-16)18(26)20-9-14(24)10-23(21-27)13-3-1-12(2-4-13)22-7-8-28-11-17(22)25/h1-6,14,24H,7-11H2,(H,20,26)/t14-/m0/s1. The van der Waals surface area contributed by atoms with E-state index in [0.717, 1.165) is 16.3 Å². The third-order valence-corrected chi connectivity index (χ3v) is 5.45. The zero-order valence-electron chi connectivity index (χ0n) is 15.3. The van der Waals surface area contributed by atoms with Crippen LogP contribution < -0.4 is 15.2 Å². The van der Waals surface area contributed by atoms with Crippen molar-refractivity contribution in [2.24, 2.45) is 5.29 Å². The highest BCUT2D eigenvalue weighted by molar-refractivity contribution is 7.17. The predicted octanol–water partition coefficient (Wildman–Crippen LogP) is 2.04. The van der Waals surface area contributed by atoms with E-state index in [4.69, 9.17) is 16.3 Å². The number of hydrogen-bond acceptors (Lipinski definition) is 7. The van der Waals surface area contributed by atoms with Gasteiger partial charge in [-0.15, -0.1) is 16.2 Å². The van der Waals surface area contributed by atoms with E-state index in [-0.39, 0.29) is 31.5 Å². The maximum absolute atomic E-state index is 12.0. The Hall–Kier alpha value is -2.53. The molecular weight excluding hydrogens is 420 g/mol. The number of hydrogen-bond donors (Lipinski definition) is 2. The molecule has 2 aromatic rings. The number of rotatable bonds is 8. The topological polar surface area (TPSA) is 112 Å². The van der Waals surface area contributed by atoms with E-state index in [0.29, 0.717) is 33.7 Å². The molecule has 3 rings (SSSR count). The molecule has 0 unspecified atom stereocenters. The highest BCUT2D eigenvalue weighted by atomic mass is 35.5. The van der Waals surface area contributed by atoms with Crippen molar-refractivity contribution in [1.29, 1.82) is 0 Å². The van der Waals surface area contributed by atoms with Gasteiger partial charge in [0.2, 0.25) is 0 Å². The first kappa shape index (κ1) is 21.2. The Morgan fingerprint density at radius 1 is 1.34 bits per heavy atom. The normalized spacial score (nSPS) is 15.1. The number of thiophene rings is 1. The number of anilines is 2. The number of morpholine rings is 1. The lowest BCUT2D eigenvalue weighted by atomic mass is 10.2. The molecular formula is C18H19ClN4O5S. The van der Waals surface area contributed by atoms with Gasteiger partial charge in [0, 0.05) is 18.8 Å². The number of aliphatic hydroxyl groups excluding tert-OH is 1. The summed E-state index contributed by atoms with van der Waals surface area (Å²) in [7, 11) is 0. The minimum absolute atomic E-state index is 0.0410. The number of aliphatic hydroxyl groups is 1. The van der Waals surface area contributed by atoms with Crippen molar-refractivity contribution in [3.63, 3.8) is 0 Å². The number of nitrogens with zero attached hydrogens (tertiary/aromatic N) is 3. The number of nitrogens with one attached hydrogen (secondary N) is 1. The summed E-state index contributed by atoms with van der Waals surface area (Å²) in [5.74, 6) is -0.487. The smallest absolute Gasteiger partial charge is 0.261 e. The fourth-order valence-electron chi connectivity index (χ4n) is 2.78. The van der Waals surface area contributed by atoms with Gasteiger partial charge in [-0.3, -0.25) is 9.59 Å². The van der Waals surface area contributed by atoms with Gasteiger partial charge in [0.25, 0.3) is 11.8 Å². The Bertz CT molecular complexity index is 875. The summed E-state index contributed by atoms with van der Waals surface area (Å²) in [6.07, 6.45) is -1.02. The summed E-state index contributed by atoms with van der Waals surface area (Å²) < 4.78 is 5.60. The van der Waals surface area contributed by atoms with Crippen LogP contribution in [0.1, 0.15) is 9.67 Å². The molecule has 0 aliphatic carbocycles. The van der Waals surface area contributed by atoms with Gasteiger partial charge >= 0.3 is 0 Å². The van der Waals surface area contributed by atoms with Crippen molar-refractivity contribution in [3.8, 4) is 0 Å². The molecule has 1 aliphatic heterocycles. The highest BCUT2D eigenvalue weighted by Crippen LogP contribution is 2.23. The number of halogens is 1. The van der Waals surface area contributed by atoms with Crippen molar-refractivity contribution in [2.45, 2.75) is 6.10 Å². The summed E-state index contributed by atoms with van der Waals surface area (Å²) in [5.41, 5.74) is 1.15. The predicted molar refractivity (Wildman–Crippen MR) is 110 cm³/mol. The molecule has 154 valence electrons. The van der Waals surface area contributed by atoms with Crippen LogP contribution in [-0.2, 0) is 9.53 Å². The van der Waals surface area contributed by atoms with E-state index >= 15 is 0 Å². The number of carbonyl (C=O) groups is 2. The molecule has 1 aromatic carbocycles. The van der Waals surface area contributed by atoms with E-state index < -0.39 is 6.10 Å². The molecule has 0 bridgehead atoms. The maximum atomic E-state index is 12.0. The van der Waals surface area contributed by atoms with Gasteiger partial charge in [-0.2, -0.15) is 0 Å². The van der Waals surface area contributed by atoms with Crippen LogP contribution >= 0.6 is 22.9 Å². The molecule has 1 atom stereocenters.